The molecule has 0 aromatic rings. The van der Waals surface area contributed by atoms with Gasteiger partial charge in [-0.15, -0.1) is 12.4 Å². The van der Waals surface area contributed by atoms with E-state index in [0.29, 0.717) is 0 Å². The smallest absolute Gasteiger partial charge is 0.00106 e. The van der Waals surface area contributed by atoms with Crippen molar-refractivity contribution in [1.29, 1.82) is 0 Å². The first-order valence-corrected chi connectivity index (χ1v) is 5.38. The Balaban J connectivity index is 0.000000845. The second kappa shape index (κ2) is 5.84. The van der Waals surface area contributed by atoms with Gasteiger partial charge in [-0.25, -0.2) is 0 Å². The summed E-state index contributed by atoms with van der Waals surface area (Å²) in [5, 5.41) is 3.42. The van der Waals surface area contributed by atoms with Crippen molar-refractivity contribution in [2.24, 2.45) is 5.92 Å². The van der Waals surface area contributed by atoms with E-state index in [1.165, 1.54) is 58.4 Å². The normalized spacial score (nSPS) is 25.8. The summed E-state index contributed by atoms with van der Waals surface area (Å²) in [7, 11) is 0. The third-order valence-corrected chi connectivity index (χ3v) is 3.17. The molecule has 0 aromatic heterocycles. The highest BCUT2D eigenvalue weighted by Crippen LogP contribution is 2.16. The largest absolute Gasteiger partial charge is 0.317 e. The fourth-order valence-electron chi connectivity index (χ4n) is 2.39. The van der Waals surface area contributed by atoms with E-state index in [0.717, 1.165) is 5.92 Å². The average Bonchev–Trinajstić information content (AvgIpc) is 2.59. The Hall–Kier alpha value is 0.210. The molecular weight excluding hydrogens is 184 g/mol. The maximum atomic E-state index is 3.42. The highest BCUT2D eigenvalue weighted by atomic mass is 35.5. The lowest BCUT2D eigenvalue weighted by atomic mass is 9.98. The minimum absolute atomic E-state index is 0. The summed E-state index contributed by atoms with van der Waals surface area (Å²) in [4.78, 5) is 2.65. The van der Waals surface area contributed by atoms with E-state index in [1.807, 2.05) is 0 Å². The summed E-state index contributed by atoms with van der Waals surface area (Å²) in [6, 6.07) is 0. The van der Waals surface area contributed by atoms with Crippen molar-refractivity contribution >= 4 is 12.4 Å². The molecule has 2 aliphatic rings. The highest BCUT2D eigenvalue weighted by molar-refractivity contribution is 5.85. The van der Waals surface area contributed by atoms with Crippen LogP contribution in [0.25, 0.3) is 0 Å². The Morgan fingerprint density at radius 3 is 2.31 bits per heavy atom. The Morgan fingerprint density at radius 1 is 1.08 bits per heavy atom. The second-order valence-corrected chi connectivity index (χ2v) is 4.20. The van der Waals surface area contributed by atoms with Crippen LogP contribution < -0.4 is 5.32 Å². The van der Waals surface area contributed by atoms with Gasteiger partial charge in [-0.2, -0.15) is 0 Å². The summed E-state index contributed by atoms with van der Waals surface area (Å²) < 4.78 is 0. The molecule has 3 heteroatoms. The van der Waals surface area contributed by atoms with Gasteiger partial charge in [0, 0.05) is 6.54 Å². The van der Waals surface area contributed by atoms with Crippen LogP contribution in [-0.4, -0.2) is 37.6 Å². The molecule has 0 bridgehead atoms. The van der Waals surface area contributed by atoms with Crippen LogP contribution in [0.2, 0.25) is 0 Å². The van der Waals surface area contributed by atoms with Gasteiger partial charge in [0.15, 0.2) is 0 Å². The van der Waals surface area contributed by atoms with E-state index in [1.54, 1.807) is 0 Å². The van der Waals surface area contributed by atoms with Crippen LogP contribution in [0.5, 0.6) is 0 Å². The predicted octanol–water partition coefficient (Wildman–Crippen LogP) is 1.50. The number of likely N-dealkylation sites (tertiary alicyclic amines) is 1. The standard InChI is InChI=1S/C10H20N2.ClH/c1-2-8-12(7-1)9-10-3-5-11-6-4-10;/h10-11H,1-9H2;1H. The number of hydrogen-bond donors (Lipinski definition) is 1. The molecule has 13 heavy (non-hydrogen) atoms. The van der Waals surface area contributed by atoms with Gasteiger partial charge in [-0.3, -0.25) is 0 Å². The second-order valence-electron chi connectivity index (χ2n) is 4.20. The zero-order valence-corrected chi connectivity index (χ0v) is 9.11. The molecule has 2 rings (SSSR count). The molecule has 2 nitrogen and oxygen atoms in total. The quantitative estimate of drug-likeness (QED) is 0.734. The molecule has 0 saturated carbocycles. The Labute approximate surface area is 87.5 Å². The molecule has 0 amide bonds. The molecule has 0 aromatic carbocycles. The fourth-order valence-corrected chi connectivity index (χ4v) is 2.39. The van der Waals surface area contributed by atoms with Gasteiger partial charge < -0.3 is 10.2 Å². The van der Waals surface area contributed by atoms with Crippen LogP contribution in [0, 0.1) is 5.92 Å². The van der Waals surface area contributed by atoms with E-state index >= 15 is 0 Å². The van der Waals surface area contributed by atoms with Crippen LogP contribution in [0.3, 0.4) is 0 Å². The predicted molar refractivity (Wildman–Crippen MR) is 58.5 cm³/mol. The Morgan fingerprint density at radius 2 is 1.69 bits per heavy atom. The number of halogens is 1. The van der Waals surface area contributed by atoms with Crippen molar-refractivity contribution in [3.8, 4) is 0 Å². The van der Waals surface area contributed by atoms with Gasteiger partial charge in [-0.05, 0) is 57.8 Å². The van der Waals surface area contributed by atoms with Crippen LogP contribution in [0.4, 0.5) is 0 Å². The van der Waals surface area contributed by atoms with Gasteiger partial charge in [0.05, 0.1) is 0 Å². The Kier molecular flexibility index (Phi) is 5.07. The van der Waals surface area contributed by atoms with Crippen LogP contribution in [-0.2, 0) is 0 Å². The minimum atomic E-state index is 0. The molecule has 2 heterocycles. The summed E-state index contributed by atoms with van der Waals surface area (Å²) in [5.41, 5.74) is 0. The van der Waals surface area contributed by atoms with Gasteiger partial charge in [0.25, 0.3) is 0 Å². The van der Waals surface area contributed by atoms with Gasteiger partial charge in [-0.1, -0.05) is 0 Å². The van der Waals surface area contributed by atoms with E-state index in [2.05, 4.69) is 10.2 Å². The van der Waals surface area contributed by atoms with Crippen molar-refractivity contribution in [3.05, 3.63) is 0 Å². The molecule has 1 N–H and O–H groups in total. The topological polar surface area (TPSA) is 15.3 Å². The van der Waals surface area contributed by atoms with Crippen molar-refractivity contribution in [2.45, 2.75) is 25.7 Å². The molecule has 2 fully saturated rings. The molecule has 0 radical (unpaired) electrons. The SMILES string of the molecule is C1CCN(CC2CCNCC2)C1.Cl. The van der Waals surface area contributed by atoms with E-state index in [9.17, 15) is 0 Å². The fraction of sp³-hybridized carbons (Fsp3) is 1.00. The Bertz CT molecular complexity index is 129. The number of hydrogen-bond acceptors (Lipinski definition) is 2. The minimum Gasteiger partial charge on any atom is -0.317 e. The molecule has 2 saturated heterocycles. The monoisotopic (exact) mass is 204 g/mol. The van der Waals surface area contributed by atoms with Crippen molar-refractivity contribution < 1.29 is 0 Å². The van der Waals surface area contributed by atoms with Crippen LogP contribution in [0.15, 0.2) is 0 Å². The van der Waals surface area contributed by atoms with Crippen LogP contribution >= 0.6 is 12.4 Å². The van der Waals surface area contributed by atoms with Crippen LogP contribution in [0.1, 0.15) is 25.7 Å². The van der Waals surface area contributed by atoms with E-state index < -0.39 is 0 Å². The molecule has 0 unspecified atom stereocenters. The van der Waals surface area contributed by atoms with Crippen molar-refractivity contribution in [2.75, 3.05) is 32.7 Å². The molecule has 0 spiro atoms. The van der Waals surface area contributed by atoms with Gasteiger partial charge in [0.1, 0.15) is 0 Å². The van der Waals surface area contributed by atoms with Crippen molar-refractivity contribution in [3.63, 3.8) is 0 Å². The van der Waals surface area contributed by atoms with Gasteiger partial charge >= 0.3 is 0 Å². The third kappa shape index (κ3) is 3.45. The molecular formula is C10H21ClN2. The summed E-state index contributed by atoms with van der Waals surface area (Å²) >= 11 is 0. The molecule has 2 aliphatic heterocycles. The summed E-state index contributed by atoms with van der Waals surface area (Å²) in [6.07, 6.45) is 5.67. The maximum Gasteiger partial charge on any atom is 0.00106 e. The number of nitrogens with zero attached hydrogens (tertiary/aromatic N) is 1. The first-order valence-electron chi connectivity index (χ1n) is 5.38. The maximum absolute atomic E-state index is 3.42. The number of piperidine rings is 1. The van der Waals surface area contributed by atoms with E-state index in [-0.39, 0.29) is 12.4 Å². The first kappa shape index (κ1) is 11.3. The van der Waals surface area contributed by atoms with Crippen molar-refractivity contribution in [1.82, 2.24) is 10.2 Å². The van der Waals surface area contributed by atoms with E-state index in [4.69, 9.17) is 0 Å². The summed E-state index contributed by atoms with van der Waals surface area (Å²) in [5.74, 6) is 0.990. The zero-order valence-electron chi connectivity index (χ0n) is 8.30. The zero-order chi connectivity index (χ0) is 8.23. The lowest BCUT2D eigenvalue weighted by Crippen LogP contribution is -2.34. The number of nitrogens with one attached hydrogen (secondary N) is 1. The van der Waals surface area contributed by atoms with Gasteiger partial charge in [0.2, 0.25) is 0 Å². The first-order chi connectivity index (χ1) is 5.95. The number of rotatable bonds is 2. The highest BCUT2D eigenvalue weighted by Gasteiger charge is 2.18. The average molecular weight is 205 g/mol. The molecule has 0 aliphatic carbocycles. The molecule has 0 atom stereocenters. The lowest BCUT2D eigenvalue weighted by molar-refractivity contribution is 0.241. The lowest BCUT2D eigenvalue weighted by Gasteiger charge is -2.26. The molecule has 78 valence electrons. The third-order valence-electron chi connectivity index (χ3n) is 3.17. The summed E-state index contributed by atoms with van der Waals surface area (Å²) in [6.45, 7) is 6.60.